The molecule has 0 spiro atoms. The summed E-state index contributed by atoms with van der Waals surface area (Å²) in [5.41, 5.74) is 2.96. The Bertz CT molecular complexity index is 917. The van der Waals surface area contributed by atoms with E-state index in [1.54, 1.807) is 29.7 Å². The van der Waals surface area contributed by atoms with Crippen LogP contribution in [0.25, 0.3) is 0 Å². The van der Waals surface area contributed by atoms with Crippen LogP contribution in [0.1, 0.15) is 35.7 Å². The topological polar surface area (TPSA) is 77.7 Å². The average molecular weight is 362 g/mol. The van der Waals surface area contributed by atoms with Gasteiger partial charge in [0.25, 0.3) is 0 Å². The molecule has 0 aliphatic carbocycles. The second-order valence-corrected chi connectivity index (χ2v) is 7.09. The standard InChI is InChI=1S/C19H18N6S/c20-11-15-5-8-22-18(10-15)24-19-23-16(13-26-19)17-2-1-9-25(17)12-14-3-6-21-7-4-14/h3-8,10,13,17H,1-2,9,12H2,(H,22,23,24)/t17-/m1/s1. The minimum Gasteiger partial charge on any atom is -0.316 e. The molecule has 1 atom stereocenters. The Labute approximate surface area is 156 Å². The largest absolute Gasteiger partial charge is 0.316 e. The van der Waals surface area contributed by atoms with Gasteiger partial charge in [-0.05, 0) is 49.2 Å². The fraction of sp³-hybridized carbons (Fsp3) is 0.263. The Balaban J connectivity index is 1.47. The molecule has 3 aromatic rings. The van der Waals surface area contributed by atoms with E-state index in [0.29, 0.717) is 17.4 Å². The van der Waals surface area contributed by atoms with E-state index < -0.39 is 0 Å². The maximum atomic E-state index is 9.00. The van der Waals surface area contributed by atoms with Crippen molar-refractivity contribution >= 4 is 22.3 Å². The lowest BCUT2D eigenvalue weighted by molar-refractivity contribution is 0.245. The van der Waals surface area contributed by atoms with Crippen molar-refractivity contribution in [1.29, 1.82) is 5.26 Å². The highest BCUT2D eigenvalue weighted by Gasteiger charge is 2.28. The molecule has 1 saturated heterocycles. The molecule has 1 N–H and O–H groups in total. The van der Waals surface area contributed by atoms with Crippen LogP contribution >= 0.6 is 11.3 Å². The van der Waals surface area contributed by atoms with E-state index in [1.807, 2.05) is 12.4 Å². The molecule has 4 heterocycles. The lowest BCUT2D eigenvalue weighted by Gasteiger charge is -2.23. The number of nitrogens with one attached hydrogen (secondary N) is 1. The van der Waals surface area contributed by atoms with Crippen LogP contribution in [0.4, 0.5) is 10.9 Å². The molecule has 0 bridgehead atoms. The summed E-state index contributed by atoms with van der Waals surface area (Å²) in [5.74, 6) is 0.644. The van der Waals surface area contributed by atoms with E-state index in [1.165, 1.54) is 12.0 Å². The number of rotatable bonds is 5. The molecule has 1 fully saturated rings. The van der Waals surface area contributed by atoms with Crippen LogP contribution in [0.2, 0.25) is 0 Å². The van der Waals surface area contributed by atoms with Gasteiger partial charge in [-0.1, -0.05) is 0 Å². The van der Waals surface area contributed by atoms with E-state index >= 15 is 0 Å². The van der Waals surface area contributed by atoms with Gasteiger partial charge in [0.2, 0.25) is 0 Å². The summed E-state index contributed by atoms with van der Waals surface area (Å²) in [5, 5.41) is 15.1. The molecular weight excluding hydrogens is 344 g/mol. The number of thiazole rings is 1. The number of likely N-dealkylation sites (tertiary alicyclic amines) is 1. The van der Waals surface area contributed by atoms with Crippen molar-refractivity contribution in [3.63, 3.8) is 0 Å². The van der Waals surface area contributed by atoms with E-state index in [2.05, 4.69) is 43.8 Å². The summed E-state index contributed by atoms with van der Waals surface area (Å²) >= 11 is 1.57. The lowest BCUT2D eigenvalue weighted by atomic mass is 10.1. The third-order valence-corrected chi connectivity index (χ3v) is 5.26. The van der Waals surface area contributed by atoms with Gasteiger partial charge in [-0.3, -0.25) is 9.88 Å². The zero-order valence-electron chi connectivity index (χ0n) is 14.2. The van der Waals surface area contributed by atoms with Crippen LogP contribution in [0.3, 0.4) is 0 Å². The minimum absolute atomic E-state index is 0.341. The maximum absolute atomic E-state index is 9.00. The van der Waals surface area contributed by atoms with Gasteiger partial charge in [-0.2, -0.15) is 5.26 Å². The molecule has 0 radical (unpaired) electrons. The third-order valence-electron chi connectivity index (χ3n) is 4.49. The van der Waals surface area contributed by atoms with Crippen molar-refractivity contribution in [2.75, 3.05) is 11.9 Å². The van der Waals surface area contributed by atoms with Crippen LogP contribution in [-0.4, -0.2) is 26.4 Å². The molecule has 130 valence electrons. The number of nitriles is 1. The first kappa shape index (κ1) is 16.6. The van der Waals surface area contributed by atoms with Gasteiger partial charge in [0, 0.05) is 30.5 Å². The fourth-order valence-electron chi connectivity index (χ4n) is 3.25. The first-order valence-electron chi connectivity index (χ1n) is 8.53. The Morgan fingerprint density at radius 1 is 1.27 bits per heavy atom. The van der Waals surface area contributed by atoms with Crippen LogP contribution in [-0.2, 0) is 6.54 Å². The maximum Gasteiger partial charge on any atom is 0.188 e. The quantitative estimate of drug-likeness (QED) is 0.742. The van der Waals surface area contributed by atoms with Gasteiger partial charge in [0.1, 0.15) is 5.82 Å². The van der Waals surface area contributed by atoms with Gasteiger partial charge in [0.05, 0.1) is 23.4 Å². The van der Waals surface area contributed by atoms with E-state index in [-0.39, 0.29) is 0 Å². The Morgan fingerprint density at radius 3 is 3.00 bits per heavy atom. The Hall–Kier alpha value is -2.82. The highest BCUT2D eigenvalue weighted by Crippen LogP contribution is 2.35. The normalized spacial score (nSPS) is 17.1. The lowest BCUT2D eigenvalue weighted by Crippen LogP contribution is -2.23. The first-order valence-corrected chi connectivity index (χ1v) is 9.41. The summed E-state index contributed by atoms with van der Waals surface area (Å²) in [6.45, 7) is 2.00. The zero-order valence-corrected chi connectivity index (χ0v) is 15.0. The van der Waals surface area contributed by atoms with Crippen molar-refractivity contribution in [2.45, 2.75) is 25.4 Å². The second-order valence-electron chi connectivity index (χ2n) is 6.23. The SMILES string of the molecule is N#Cc1ccnc(Nc2nc([C@H]3CCCN3Cc3ccncc3)cs2)c1. The van der Waals surface area contributed by atoms with Crippen LogP contribution < -0.4 is 5.32 Å². The molecule has 26 heavy (non-hydrogen) atoms. The van der Waals surface area contributed by atoms with Gasteiger partial charge in [0.15, 0.2) is 5.13 Å². The minimum atomic E-state index is 0.341. The number of hydrogen-bond donors (Lipinski definition) is 1. The number of pyridine rings is 2. The monoisotopic (exact) mass is 362 g/mol. The predicted octanol–water partition coefficient (Wildman–Crippen LogP) is 3.89. The molecular formula is C19H18N6S. The molecule has 3 aromatic heterocycles. The summed E-state index contributed by atoms with van der Waals surface area (Å²) < 4.78 is 0. The van der Waals surface area contributed by atoms with Gasteiger partial charge < -0.3 is 5.32 Å². The third kappa shape index (κ3) is 3.72. The van der Waals surface area contributed by atoms with Crippen molar-refractivity contribution in [3.8, 4) is 6.07 Å². The molecule has 0 amide bonds. The number of anilines is 2. The highest BCUT2D eigenvalue weighted by molar-refractivity contribution is 7.13. The number of aromatic nitrogens is 3. The van der Waals surface area contributed by atoms with Gasteiger partial charge in [-0.15, -0.1) is 11.3 Å². The molecule has 0 aromatic carbocycles. The fourth-order valence-corrected chi connectivity index (χ4v) is 4.01. The summed E-state index contributed by atoms with van der Waals surface area (Å²) in [6, 6.07) is 10.0. The smallest absolute Gasteiger partial charge is 0.188 e. The molecule has 6 nitrogen and oxygen atoms in total. The number of nitrogens with zero attached hydrogens (tertiary/aromatic N) is 5. The van der Waals surface area contributed by atoms with E-state index in [0.717, 1.165) is 30.3 Å². The molecule has 4 rings (SSSR count). The summed E-state index contributed by atoms with van der Waals surface area (Å²) in [6.07, 6.45) is 7.61. The molecule has 0 saturated carbocycles. The highest BCUT2D eigenvalue weighted by atomic mass is 32.1. The Kier molecular flexibility index (Phi) is 4.86. The molecule has 0 unspecified atom stereocenters. The summed E-state index contributed by atoms with van der Waals surface area (Å²) in [4.78, 5) is 15.6. The van der Waals surface area contributed by atoms with Crippen molar-refractivity contribution < 1.29 is 0 Å². The van der Waals surface area contributed by atoms with Crippen LogP contribution in [0, 0.1) is 11.3 Å². The van der Waals surface area contributed by atoms with Gasteiger partial charge in [-0.25, -0.2) is 9.97 Å². The second kappa shape index (κ2) is 7.60. The van der Waals surface area contributed by atoms with Gasteiger partial charge >= 0.3 is 0 Å². The zero-order chi connectivity index (χ0) is 17.8. The molecule has 1 aliphatic rings. The summed E-state index contributed by atoms with van der Waals surface area (Å²) in [7, 11) is 0. The van der Waals surface area contributed by atoms with E-state index in [9.17, 15) is 0 Å². The van der Waals surface area contributed by atoms with E-state index in [4.69, 9.17) is 10.2 Å². The predicted molar refractivity (Wildman–Crippen MR) is 101 cm³/mol. The molecule has 7 heteroatoms. The van der Waals surface area contributed by atoms with Crippen LogP contribution in [0.15, 0.2) is 48.2 Å². The van der Waals surface area contributed by atoms with Crippen LogP contribution in [0.5, 0.6) is 0 Å². The average Bonchev–Trinajstić information content (AvgIpc) is 3.32. The van der Waals surface area contributed by atoms with Crippen molar-refractivity contribution in [1.82, 2.24) is 19.9 Å². The number of hydrogen-bond acceptors (Lipinski definition) is 7. The van der Waals surface area contributed by atoms with Crippen molar-refractivity contribution in [2.24, 2.45) is 0 Å². The first-order chi connectivity index (χ1) is 12.8. The molecule has 1 aliphatic heterocycles. The van der Waals surface area contributed by atoms with Crippen molar-refractivity contribution in [3.05, 3.63) is 65.1 Å². The Morgan fingerprint density at radius 2 is 2.15 bits per heavy atom.